The molecule has 0 heterocycles. The fourth-order valence-electron chi connectivity index (χ4n) is 8.11. The molecule has 7 heteroatoms. The van der Waals surface area contributed by atoms with E-state index < -0.39 is 16.6 Å². The van der Waals surface area contributed by atoms with Crippen molar-refractivity contribution in [1.29, 1.82) is 0 Å². The second-order valence-corrected chi connectivity index (χ2v) is 29.5. The number of benzene rings is 1. The van der Waals surface area contributed by atoms with Crippen molar-refractivity contribution in [3.8, 4) is 23.7 Å². The Bertz CT molecular complexity index is 1560. The van der Waals surface area contributed by atoms with Crippen LogP contribution in [0.1, 0.15) is 126 Å². The van der Waals surface area contributed by atoms with Crippen LogP contribution in [0.25, 0.3) is 0 Å². The number of allylic oxidation sites excluding steroid dienone is 3. The smallest absolute Gasteiger partial charge is 0.610 e. The minimum Gasteiger partial charge on any atom is -0.610 e. The first kappa shape index (κ1) is 46.8. The fourth-order valence-corrected chi connectivity index (χ4v) is 10.7. The minimum atomic E-state index is -2.09. The SMILES string of the molecule is CCC#CC[C@H](C)[C@@H](C#C[C@@H]1[C@H]2CC(/C=C(/[O-])O[C@H]3CCCC[C@@H]3C(C)(C)c3ccccc3)=C[C@H]2C[C@H]1O[Si](C)(C)C(C)(C)C)O[Si](C)(C)C(C)(C)C.[Li+]. The average molecular weight is 765 g/mol. The van der Waals surface area contributed by atoms with Crippen LogP contribution in [0.2, 0.25) is 36.3 Å². The van der Waals surface area contributed by atoms with E-state index in [9.17, 15) is 5.11 Å². The summed E-state index contributed by atoms with van der Waals surface area (Å²) in [6.45, 7) is 32.1. The summed E-state index contributed by atoms with van der Waals surface area (Å²) < 4.78 is 20.6. The molecule has 3 aliphatic carbocycles. The van der Waals surface area contributed by atoms with E-state index in [2.05, 4.69) is 156 Å². The number of hydrogen-bond acceptors (Lipinski definition) is 4. The van der Waals surface area contributed by atoms with Crippen molar-refractivity contribution in [3.05, 3.63) is 59.6 Å². The van der Waals surface area contributed by atoms with Gasteiger partial charge in [0.1, 0.15) is 6.10 Å². The molecule has 4 nitrogen and oxygen atoms in total. The standard InChI is InChI=1S/C47H74O4Si2.Li/c1-15-16-18-23-34(2)41(50-52(11,12)45(3,4)5)29-28-38-39-31-35(30-36(39)33-43(38)51-53(13,14)46(6,7)8)32-44(48)49-42-27-22-21-26-40(42)47(9,10)37-24-19-17-20-25-37;/h17,19-20,24-25,30,32,34,36,38-43,48H,15,21-23,26-27,31,33H2,1-14H3;/q;+1/p-1/b44-32-;/t34-,36-,38+,39-,40-,41+,42-,43+;/m0./s1. The maximum atomic E-state index is 13.7. The Morgan fingerprint density at radius 2 is 1.54 bits per heavy atom. The van der Waals surface area contributed by atoms with Gasteiger partial charge >= 0.3 is 18.9 Å². The summed E-state index contributed by atoms with van der Waals surface area (Å²) in [5.41, 5.74) is 2.33. The van der Waals surface area contributed by atoms with E-state index in [1.54, 1.807) is 6.08 Å². The number of fused-ring (bicyclic) bond motifs is 1. The second kappa shape index (κ2) is 18.8. The van der Waals surface area contributed by atoms with Crippen LogP contribution in [-0.4, -0.2) is 34.9 Å². The van der Waals surface area contributed by atoms with Gasteiger partial charge in [0, 0.05) is 30.8 Å². The van der Waals surface area contributed by atoms with Gasteiger partial charge in [-0.05, 0) is 102 Å². The summed E-state index contributed by atoms with van der Waals surface area (Å²) in [4.78, 5) is 0. The largest absolute Gasteiger partial charge is 1.00 e. The summed E-state index contributed by atoms with van der Waals surface area (Å²) in [5, 5.41) is 13.8. The monoisotopic (exact) mass is 765 g/mol. The molecular weight excluding hydrogens is 692 g/mol. The van der Waals surface area contributed by atoms with Crippen LogP contribution in [0.3, 0.4) is 0 Å². The van der Waals surface area contributed by atoms with Crippen molar-refractivity contribution in [3.63, 3.8) is 0 Å². The predicted octanol–water partition coefficient (Wildman–Crippen LogP) is 8.55. The van der Waals surface area contributed by atoms with Gasteiger partial charge in [0.15, 0.2) is 16.6 Å². The molecule has 0 N–H and O–H groups in total. The van der Waals surface area contributed by atoms with Crippen LogP contribution in [0, 0.1) is 53.3 Å². The molecule has 294 valence electrons. The summed E-state index contributed by atoms with van der Waals surface area (Å²) in [6.07, 6.45) is 11.6. The zero-order valence-corrected chi connectivity index (χ0v) is 39.0. The minimum absolute atomic E-state index is 0. The number of ether oxygens (including phenoxy) is 1. The van der Waals surface area contributed by atoms with E-state index in [-0.39, 0.29) is 76.4 Å². The average Bonchev–Trinajstić information content (AvgIpc) is 3.58. The van der Waals surface area contributed by atoms with Gasteiger partial charge in [-0.25, -0.2) is 0 Å². The zero-order valence-electron chi connectivity index (χ0n) is 37.0. The maximum absolute atomic E-state index is 13.7. The first-order valence-corrected chi connectivity index (χ1v) is 26.5. The van der Waals surface area contributed by atoms with Gasteiger partial charge in [0.05, 0.1) is 12.0 Å². The third-order valence-electron chi connectivity index (χ3n) is 13.6. The van der Waals surface area contributed by atoms with E-state index in [0.29, 0.717) is 11.8 Å². The van der Waals surface area contributed by atoms with Gasteiger partial charge < -0.3 is 18.7 Å². The van der Waals surface area contributed by atoms with Crippen LogP contribution in [0.5, 0.6) is 0 Å². The summed E-state index contributed by atoms with van der Waals surface area (Å²) in [7, 11) is -4.14. The molecule has 54 heavy (non-hydrogen) atoms. The van der Waals surface area contributed by atoms with Crippen LogP contribution < -0.4 is 24.0 Å². The molecule has 1 aromatic rings. The molecule has 0 aliphatic heterocycles. The van der Waals surface area contributed by atoms with Gasteiger partial charge in [-0.3, -0.25) is 0 Å². The van der Waals surface area contributed by atoms with E-state index in [1.165, 1.54) is 12.0 Å². The number of hydrogen-bond donors (Lipinski definition) is 0. The van der Waals surface area contributed by atoms with E-state index in [4.69, 9.17) is 13.6 Å². The van der Waals surface area contributed by atoms with E-state index in [0.717, 1.165) is 50.5 Å². The van der Waals surface area contributed by atoms with Crippen molar-refractivity contribution >= 4 is 16.6 Å². The molecule has 0 saturated heterocycles. The Morgan fingerprint density at radius 1 is 0.907 bits per heavy atom. The van der Waals surface area contributed by atoms with Crippen molar-refractivity contribution in [2.24, 2.45) is 29.6 Å². The van der Waals surface area contributed by atoms with Gasteiger partial charge in [-0.1, -0.05) is 130 Å². The van der Waals surface area contributed by atoms with E-state index in [1.807, 2.05) is 0 Å². The predicted molar refractivity (Wildman–Crippen MR) is 226 cm³/mol. The van der Waals surface area contributed by atoms with Crippen molar-refractivity contribution in [2.75, 3.05) is 0 Å². The van der Waals surface area contributed by atoms with Crippen molar-refractivity contribution < 1.29 is 37.6 Å². The number of rotatable bonds is 11. The Morgan fingerprint density at radius 3 is 2.15 bits per heavy atom. The zero-order chi connectivity index (χ0) is 39.4. The molecule has 0 radical (unpaired) electrons. The molecule has 8 atom stereocenters. The molecule has 4 rings (SSSR count). The van der Waals surface area contributed by atoms with Gasteiger partial charge in [0.25, 0.3) is 0 Å². The first-order chi connectivity index (χ1) is 24.6. The molecule has 2 saturated carbocycles. The van der Waals surface area contributed by atoms with Crippen LogP contribution >= 0.6 is 0 Å². The second-order valence-electron chi connectivity index (χ2n) is 20.0. The fraction of sp³-hybridized carbons (Fsp3) is 0.702. The molecule has 0 amide bonds. The van der Waals surface area contributed by atoms with Crippen molar-refractivity contribution in [2.45, 2.75) is 181 Å². The van der Waals surface area contributed by atoms with Crippen LogP contribution in [0.15, 0.2) is 54.0 Å². The van der Waals surface area contributed by atoms with E-state index >= 15 is 0 Å². The molecule has 0 unspecified atom stereocenters. The topological polar surface area (TPSA) is 50.8 Å². The molecule has 0 spiro atoms. The Kier molecular flexibility index (Phi) is 16.2. The Labute approximate surface area is 345 Å². The first-order valence-electron chi connectivity index (χ1n) is 20.7. The molecule has 3 aliphatic rings. The van der Waals surface area contributed by atoms with Crippen LogP contribution in [0.4, 0.5) is 0 Å². The molecule has 1 aromatic carbocycles. The maximum Gasteiger partial charge on any atom is 1.00 e. The normalized spacial score (nSPS) is 26.3. The third kappa shape index (κ3) is 11.5. The van der Waals surface area contributed by atoms with Gasteiger partial charge in [0.2, 0.25) is 0 Å². The van der Waals surface area contributed by atoms with Gasteiger partial charge in [-0.15, -0.1) is 11.8 Å². The molecular formula is C47H73LiO4Si2. The van der Waals surface area contributed by atoms with Crippen molar-refractivity contribution in [1.82, 2.24) is 0 Å². The quantitative estimate of drug-likeness (QED) is 0.129. The molecule has 2 fully saturated rings. The third-order valence-corrected chi connectivity index (χ3v) is 22.6. The Balaban J connectivity index is 0.00000784. The van der Waals surface area contributed by atoms with Gasteiger partial charge in [-0.2, -0.15) is 0 Å². The molecule has 0 bridgehead atoms. The molecule has 0 aromatic heterocycles. The van der Waals surface area contributed by atoms with Crippen LogP contribution in [-0.2, 0) is 19.0 Å². The summed E-state index contributed by atoms with van der Waals surface area (Å²) >= 11 is 0. The Hall–Kier alpha value is -1.63. The summed E-state index contributed by atoms with van der Waals surface area (Å²) in [5.74, 6) is 15.2. The summed E-state index contributed by atoms with van der Waals surface area (Å²) in [6, 6.07) is 10.7.